The third kappa shape index (κ3) is 6.26. The monoisotopic (exact) mass is 555 g/mol. The van der Waals surface area contributed by atoms with Crippen molar-refractivity contribution in [3.8, 4) is 17.2 Å². The number of carbonyl (C=O) groups excluding carboxylic acids is 1. The van der Waals surface area contributed by atoms with Crippen LogP contribution in [0.4, 0.5) is 10.5 Å². The van der Waals surface area contributed by atoms with E-state index in [1.54, 1.807) is 30.3 Å². The predicted octanol–water partition coefficient (Wildman–Crippen LogP) is 4.45. The summed E-state index contributed by atoms with van der Waals surface area (Å²) >= 11 is 2.09. The number of nitrogens with one attached hydrogen (secondary N) is 1. The molecule has 10 heteroatoms. The Morgan fingerprint density at radius 1 is 1.22 bits per heavy atom. The lowest BCUT2D eigenvalue weighted by atomic mass is 9.99. The minimum Gasteiger partial charge on any atom is -0.508 e. The van der Waals surface area contributed by atoms with Gasteiger partial charge in [-0.05, 0) is 65.8 Å². The van der Waals surface area contributed by atoms with E-state index >= 15 is 0 Å². The van der Waals surface area contributed by atoms with Gasteiger partial charge in [0, 0.05) is 34.1 Å². The molecule has 32 heavy (non-hydrogen) atoms. The quantitative estimate of drug-likeness (QED) is 0.307. The average molecular weight is 555 g/mol. The third-order valence-corrected chi connectivity index (χ3v) is 5.34. The molecule has 0 saturated heterocycles. The zero-order valence-electron chi connectivity index (χ0n) is 17.1. The van der Waals surface area contributed by atoms with Crippen LogP contribution in [0.15, 0.2) is 48.6 Å². The number of aliphatic carboxylic acids is 1. The van der Waals surface area contributed by atoms with E-state index in [1.165, 1.54) is 19.3 Å². The second kappa shape index (κ2) is 11.0. The van der Waals surface area contributed by atoms with Gasteiger partial charge in [0.25, 0.3) is 0 Å². The summed E-state index contributed by atoms with van der Waals surface area (Å²) < 4.78 is 22.6. The van der Waals surface area contributed by atoms with Crippen LogP contribution in [0.25, 0.3) is 0 Å². The molecule has 3 N–H and O–H groups in total. The third-order valence-electron chi connectivity index (χ3n) is 4.67. The summed E-state index contributed by atoms with van der Waals surface area (Å²) in [6.07, 6.45) is 0.925. The number of benzene rings is 2. The summed E-state index contributed by atoms with van der Waals surface area (Å²) in [5, 5.41) is 21.8. The second-order valence-corrected chi connectivity index (χ2v) is 8.06. The number of carbonyl (C=O) groups is 2. The van der Waals surface area contributed by atoms with E-state index in [2.05, 4.69) is 27.9 Å². The van der Waals surface area contributed by atoms with Gasteiger partial charge in [0.2, 0.25) is 6.79 Å². The van der Waals surface area contributed by atoms with Gasteiger partial charge in [-0.3, -0.25) is 5.32 Å². The van der Waals surface area contributed by atoms with Crippen molar-refractivity contribution in [2.75, 3.05) is 19.2 Å². The van der Waals surface area contributed by atoms with Crippen LogP contribution in [0.1, 0.15) is 24.5 Å². The summed E-state index contributed by atoms with van der Waals surface area (Å²) in [5.41, 5.74) is 0.829. The fraction of sp³-hybridized carbons (Fsp3) is 0.273. The molecule has 0 spiro atoms. The molecule has 9 nitrogen and oxygen atoms in total. The molecule has 0 unspecified atom stereocenters. The molecule has 1 aliphatic rings. The first-order valence-corrected chi connectivity index (χ1v) is 10.7. The van der Waals surface area contributed by atoms with Gasteiger partial charge >= 0.3 is 12.1 Å². The maximum atomic E-state index is 12.7. The zero-order valence-corrected chi connectivity index (χ0v) is 19.3. The number of halogens is 1. The highest BCUT2D eigenvalue weighted by Crippen LogP contribution is 2.36. The van der Waals surface area contributed by atoms with Crippen LogP contribution in [0.5, 0.6) is 17.2 Å². The number of methoxy groups -OCH3 is 1. The molecular weight excluding hydrogens is 533 g/mol. The number of phenols is 1. The lowest BCUT2D eigenvalue weighted by molar-refractivity contribution is -0.131. The molecule has 2 aromatic carbocycles. The lowest BCUT2D eigenvalue weighted by Crippen LogP contribution is -2.28. The fourth-order valence-corrected chi connectivity index (χ4v) is 3.68. The number of amides is 1. The first-order chi connectivity index (χ1) is 15.4. The minimum absolute atomic E-state index is 0.0468. The molecule has 3 rings (SSSR count). The summed E-state index contributed by atoms with van der Waals surface area (Å²) in [6.45, 7) is 0.114. The van der Waals surface area contributed by atoms with Crippen LogP contribution < -0.4 is 14.8 Å². The Hall–Kier alpha value is -2.99. The Labute approximate surface area is 198 Å². The minimum atomic E-state index is -1.05. The van der Waals surface area contributed by atoms with Gasteiger partial charge < -0.3 is 29.2 Å². The molecule has 0 fully saturated rings. The first kappa shape index (κ1) is 23.7. The van der Waals surface area contributed by atoms with Crippen molar-refractivity contribution in [2.24, 2.45) is 0 Å². The Morgan fingerprint density at radius 3 is 2.75 bits per heavy atom. The van der Waals surface area contributed by atoms with Crippen LogP contribution >= 0.6 is 22.6 Å². The van der Waals surface area contributed by atoms with E-state index < -0.39 is 24.3 Å². The number of anilines is 1. The van der Waals surface area contributed by atoms with E-state index in [9.17, 15) is 14.7 Å². The molecule has 0 bridgehead atoms. The van der Waals surface area contributed by atoms with Crippen LogP contribution in [-0.4, -0.2) is 42.3 Å². The van der Waals surface area contributed by atoms with Gasteiger partial charge in [0.15, 0.2) is 17.6 Å². The van der Waals surface area contributed by atoms with Gasteiger partial charge in [-0.15, -0.1) is 0 Å². The van der Waals surface area contributed by atoms with E-state index in [1.807, 2.05) is 0 Å². The number of allylic oxidation sites excluding steroid dienone is 1. The number of hydrogen-bond acceptors (Lipinski definition) is 7. The maximum absolute atomic E-state index is 12.7. The Kier molecular flexibility index (Phi) is 8.17. The highest BCUT2D eigenvalue weighted by molar-refractivity contribution is 14.1. The standard InChI is InChI=1S/C22H22INO8/c1-29-18(4-2-3-5-20(26)27)21(15-10-13(23)6-8-16(15)25)32-22(28)24-14-7-9-17-19(11-14)31-12-30-17/h3,5-11,18,21,25H,2,4,12H2,1H3,(H,24,28)(H,26,27)/b5-3+/t18-,21-/m1/s1. The fourth-order valence-electron chi connectivity index (χ4n) is 3.17. The Balaban J connectivity index is 1.78. The highest BCUT2D eigenvalue weighted by Gasteiger charge is 2.29. The summed E-state index contributed by atoms with van der Waals surface area (Å²) in [6, 6.07) is 9.88. The van der Waals surface area contributed by atoms with Crippen LogP contribution in [0.3, 0.4) is 0 Å². The average Bonchev–Trinajstić information content (AvgIpc) is 3.22. The van der Waals surface area contributed by atoms with Crippen molar-refractivity contribution in [3.63, 3.8) is 0 Å². The maximum Gasteiger partial charge on any atom is 0.412 e. The normalized spacial score (nSPS) is 14.2. The number of ether oxygens (including phenoxy) is 4. The first-order valence-electron chi connectivity index (χ1n) is 9.65. The number of phenolic OH excluding ortho intramolecular Hbond substituents is 1. The largest absolute Gasteiger partial charge is 0.508 e. The second-order valence-electron chi connectivity index (χ2n) is 6.81. The van der Waals surface area contributed by atoms with E-state index in [0.29, 0.717) is 35.6 Å². The van der Waals surface area contributed by atoms with E-state index in [0.717, 1.165) is 9.65 Å². The predicted molar refractivity (Wildman–Crippen MR) is 123 cm³/mol. The zero-order chi connectivity index (χ0) is 23.1. The molecule has 0 saturated carbocycles. The smallest absolute Gasteiger partial charge is 0.412 e. The van der Waals surface area contributed by atoms with E-state index in [-0.39, 0.29) is 12.5 Å². The van der Waals surface area contributed by atoms with Crippen molar-refractivity contribution in [2.45, 2.75) is 25.0 Å². The molecule has 0 aromatic heterocycles. The lowest BCUT2D eigenvalue weighted by Gasteiger charge is -2.27. The summed E-state index contributed by atoms with van der Waals surface area (Å²) in [5.74, 6) is -0.00594. The van der Waals surface area contributed by atoms with Gasteiger partial charge in [-0.2, -0.15) is 0 Å². The van der Waals surface area contributed by atoms with Crippen LogP contribution in [0.2, 0.25) is 0 Å². The summed E-state index contributed by atoms with van der Waals surface area (Å²) in [4.78, 5) is 23.4. The number of carboxylic acids is 1. The molecule has 2 aromatic rings. The number of hydrogen-bond donors (Lipinski definition) is 3. The number of carboxylic acid groups (broad SMARTS) is 1. The Bertz CT molecular complexity index is 1010. The molecule has 1 aliphatic heterocycles. The molecule has 1 heterocycles. The Morgan fingerprint density at radius 2 is 2.00 bits per heavy atom. The highest BCUT2D eigenvalue weighted by atomic mass is 127. The SMILES string of the molecule is CO[C@H](CC/C=C/C(=O)O)[C@H](OC(=O)Nc1ccc2c(c1)OCO2)c1cc(I)ccc1O. The van der Waals surface area contributed by atoms with E-state index in [4.69, 9.17) is 24.1 Å². The van der Waals surface area contributed by atoms with Crippen molar-refractivity contribution in [1.82, 2.24) is 0 Å². The van der Waals surface area contributed by atoms with Crippen molar-refractivity contribution in [3.05, 3.63) is 57.7 Å². The number of aromatic hydroxyl groups is 1. The van der Waals surface area contributed by atoms with Crippen molar-refractivity contribution >= 4 is 40.3 Å². The van der Waals surface area contributed by atoms with Crippen LogP contribution in [-0.2, 0) is 14.3 Å². The number of fused-ring (bicyclic) bond motifs is 1. The topological polar surface area (TPSA) is 124 Å². The van der Waals surface area contributed by atoms with Gasteiger partial charge in [-0.25, -0.2) is 9.59 Å². The molecule has 170 valence electrons. The van der Waals surface area contributed by atoms with Gasteiger partial charge in [0.05, 0.1) is 6.10 Å². The molecule has 0 aliphatic carbocycles. The van der Waals surface area contributed by atoms with Gasteiger partial charge in [-0.1, -0.05) is 6.08 Å². The molecular formula is C22H22INO8. The molecule has 0 radical (unpaired) electrons. The van der Waals surface area contributed by atoms with Crippen LogP contribution in [0, 0.1) is 3.57 Å². The summed E-state index contributed by atoms with van der Waals surface area (Å²) in [7, 11) is 1.46. The molecule has 1 amide bonds. The molecule has 2 atom stereocenters. The number of rotatable bonds is 9. The van der Waals surface area contributed by atoms with Crippen molar-refractivity contribution < 1.29 is 38.7 Å². The van der Waals surface area contributed by atoms with Crippen molar-refractivity contribution in [1.29, 1.82) is 0 Å². The van der Waals surface area contributed by atoms with Gasteiger partial charge in [0.1, 0.15) is 5.75 Å².